The Hall–Kier alpha value is -0.120. The molecule has 134 valence electrons. The summed E-state index contributed by atoms with van der Waals surface area (Å²) in [4.78, 5) is 2.67. The summed E-state index contributed by atoms with van der Waals surface area (Å²) in [6, 6.07) is 0. The van der Waals surface area contributed by atoms with Gasteiger partial charge in [0.05, 0.1) is 0 Å². The Morgan fingerprint density at radius 3 is 1.68 bits per heavy atom. The zero-order valence-electron chi connectivity index (χ0n) is 15.3. The average molecular weight is 316 g/mol. The second-order valence-corrected chi connectivity index (χ2v) is 6.45. The first-order chi connectivity index (χ1) is 10.8. The second-order valence-electron chi connectivity index (χ2n) is 6.45. The minimum atomic E-state index is 0.349. The van der Waals surface area contributed by atoms with E-state index in [0.29, 0.717) is 6.61 Å². The summed E-state index contributed by atoms with van der Waals surface area (Å²) in [5.41, 5.74) is 0. The van der Waals surface area contributed by atoms with Gasteiger partial charge in [-0.25, -0.2) is 0 Å². The van der Waals surface area contributed by atoms with E-state index < -0.39 is 0 Å². The molecule has 0 aromatic heterocycles. The van der Waals surface area contributed by atoms with Crippen LogP contribution in [0.4, 0.5) is 0 Å². The van der Waals surface area contributed by atoms with Crippen LogP contribution in [-0.4, -0.2) is 50.0 Å². The fourth-order valence-electron chi connectivity index (χ4n) is 2.83. The van der Waals surface area contributed by atoms with Crippen LogP contribution < -0.4 is 0 Å². The fraction of sp³-hybridized carbons (Fsp3) is 1.00. The zero-order valence-corrected chi connectivity index (χ0v) is 15.3. The Labute approximate surface area is 139 Å². The molecular weight excluding hydrogens is 274 g/mol. The SMILES string of the molecule is CCCCCCN(CCCCCCO)CCCCCCOC. The van der Waals surface area contributed by atoms with E-state index in [1.165, 1.54) is 90.3 Å². The number of aliphatic hydroxyl groups excluding tert-OH is 1. The molecule has 0 unspecified atom stereocenters. The van der Waals surface area contributed by atoms with Crippen LogP contribution in [0.3, 0.4) is 0 Å². The number of aliphatic hydroxyl groups is 1. The molecule has 0 aromatic carbocycles. The predicted octanol–water partition coefficient (Wildman–Crippen LogP) is 4.63. The van der Waals surface area contributed by atoms with Crippen LogP contribution in [0, 0.1) is 0 Å². The summed E-state index contributed by atoms with van der Waals surface area (Å²) >= 11 is 0. The van der Waals surface area contributed by atoms with Crippen LogP contribution in [0.1, 0.15) is 84.0 Å². The van der Waals surface area contributed by atoms with Gasteiger partial charge in [-0.3, -0.25) is 0 Å². The lowest BCUT2D eigenvalue weighted by atomic mass is 10.1. The molecule has 3 nitrogen and oxygen atoms in total. The largest absolute Gasteiger partial charge is 0.396 e. The van der Waals surface area contributed by atoms with Crippen molar-refractivity contribution in [1.82, 2.24) is 4.90 Å². The van der Waals surface area contributed by atoms with E-state index in [1.54, 1.807) is 7.11 Å². The van der Waals surface area contributed by atoms with Crippen LogP contribution in [-0.2, 0) is 4.74 Å². The summed E-state index contributed by atoms with van der Waals surface area (Å²) in [6.07, 6.45) is 15.3. The Morgan fingerprint density at radius 1 is 0.682 bits per heavy atom. The summed E-state index contributed by atoms with van der Waals surface area (Å²) in [5.74, 6) is 0. The van der Waals surface area contributed by atoms with Gasteiger partial charge >= 0.3 is 0 Å². The van der Waals surface area contributed by atoms with Crippen LogP contribution >= 0.6 is 0 Å². The van der Waals surface area contributed by atoms with Crippen molar-refractivity contribution in [2.24, 2.45) is 0 Å². The highest BCUT2D eigenvalue weighted by molar-refractivity contribution is 4.60. The number of rotatable bonds is 18. The molecule has 0 aliphatic carbocycles. The minimum Gasteiger partial charge on any atom is -0.396 e. The van der Waals surface area contributed by atoms with Crippen molar-refractivity contribution < 1.29 is 9.84 Å². The molecular formula is C19H41NO2. The van der Waals surface area contributed by atoms with Crippen molar-refractivity contribution in [3.05, 3.63) is 0 Å². The highest BCUT2D eigenvalue weighted by atomic mass is 16.5. The molecule has 22 heavy (non-hydrogen) atoms. The topological polar surface area (TPSA) is 32.7 Å². The van der Waals surface area contributed by atoms with Crippen molar-refractivity contribution in [2.45, 2.75) is 84.0 Å². The van der Waals surface area contributed by atoms with Gasteiger partial charge in [0.2, 0.25) is 0 Å². The molecule has 0 saturated heterocycles. The van der Waals surface area contributed by atoms with Gasteiger partial charge in [0.15, 0.2) is 0 Å². The Balaban J connectivity index is 3.69. The third-order valence-electron chi connectivity index (χ3n) is 4.28. The predicted molar refractivity (Wildman–Crippen MR) is 96.5 cm³/mol. The Kier molecular flexibility index (Phi) is 18.8. The molecule has 0 atom stereocenters. The lowest BCUT2D eigenvalue weighted by molar-refractivity contribution is 0.190. The molecule has 0 bridgehead atoms. The summed E-state index contributed by atoms with van der Waals surface area (Å²) < 4.78 is 5.10. The van der Waals surface area contributed by atoms with Crippen LogP contribution in [0.25, 0.3) is 0 Å². The van der Waals surface area contributed by atoms with Crippen molar-refractivity contribution in [3.8, 4) is 0 Å². The molecule has 0 rings (SSSR count). The van der Waals surface area contributed by atoms with Crippen LogP contribution in [0.2, 0.25) is 0 Å². The molecule has 0 aliphatic heterocycles. The lowest BCUT2D eigenvalue weighted by Gasteiger charge is -2.22. The molecule has 0 saturated carbocycles. The average Bonchev–Trinajstić information content (AvgIpc) is 2.53. The maximum Gasteiger partial charge on any atom is 0.0462 e. The number of hydrogen-bond donors (Lipinski definition) is 1. The van der Waals surface area contributed by atoms with Crippen molar-refractivity contribution >= 4 is 0 Å². The van der Waals surface area contributed by atoms with Gasteiger partial charge in [-0.1, -0.05) is 51.9 Å². The smallest absolute Gasteiger partial charge is 0.0462 e. The molecule has 0 radical (unpaired) electrons. The maximum absolute atomic E-state index is 8.83. The molecule has 3 heteroatoms. The van der Waals surface area contributed by atoms with E-state index in [9.17, 15) is 0 Å². The monoisotopic (exact) mass is 315 g/mol. The van der Waals surface area contributed by atoms with E-state index in [0.717, 1.165) is 13.0 Å². The first-order valence-corrected chi connectivity index (χ1v) is 9.67. The van der Waals surface area contributed by atoms with Crippen molar-refractivity contribution in [3.63, 3.8) is 0 Å². The minimum absolute atomic E-state index is 0.349. The second kappa shape index (κ2) is 18.9. The maximum atomic E-state index is 8.83. The highest BCUT2D eigenvalue weighted by Crippen LogP contribution is 2.08. The third kappa shape index (κ3) is 16.3. The Bertz CT molecular complexity index is 200. The van der Waals surface area contributed by atoms with Gasteiger partial charge in [0.1, 0.15) is 0 Å². The number of hydrogen-bond acceptors (Lipinski definition) is 3. The van der Waals surface area contributed by atoms with Gasteiger partial charge in [0, 0.05) is 20.3 Å². The number of ether oxygens (including phenoxy) is 1. The van der Waals surface area contributed by atoms with Crippen LogP contribution in [0.15, 0.2) is 0 Å². The van der Waals surface area contributed by atoms with Gasteiger partial charge in [-0.05, 0) is 51.7 Å². The zero-order chi connectivity index (χ0) is 16.3. The number of methoxy groups -OCH3 is 1. The quantitative estimate of drug-likeness (QED) is 0.374. The highest BCUT2D eigenvalue weighted by Gasteiger charge is 2.04. The first-order valence-electron chi connectivity index (χ1n) is 9.67. The van der Waals surface area contributed by atoms with Crippen molar-refractivity contribution in [2.75, 3.05) is 40.0 Å². The van der Waals surface area contributed by atoms with E-state index in [1.807, 2.05) is 0 Å². The standard InChI is InChI=1S/C19H41NO2/c1-3-4-5-10-15-20(16-11-6-8-13-18-21)17-12-7-9-14-19-22-2/h21H,3-19H2,1-2H3. The molecule has 0 aromatic rings. The molecule has 0 fully saturated rings. The summed E-state index contributed by atoms with van der Waals surface area (Å²) in [6.45, 7) is 7.32. The van der Waals surface area contributed by atoms with E-state index in [-0.39, 0.29) is 0 Å². The number of nitrogens with zero attached hydrogens (tertiary/aromatic N) is 1. The van der Waals surface area contributed by atoms with E-state index >= 15 is 0 Å². The third-order valence-corrected chi connectivity index (χ3v) is 4.28. The van der Waals surface area contributed by atoms with E-state index in [4.69, 9.17) is 9.84 Å². The molecule has 1 N–H and O–H groups in total. The van der Waals surface area contributed by atoms with Gasteiger partial charge in [-0.2, -0.15) is 0 Å². The number of unbranched alkanes of at least 4 members (excludes halogenated alkanes) is 9. The first kappa shape index (κ1) is 21.9. The normalized spacial score (nSPS) is 11.5. The lowest BCUT2D eigenvalue weighted by Crippen LogP contribution is -2.27. The van der Waals surface area contributed by atoms with Crippen molar-refractivity contribution in [1.29, 1.82) is 0 Å². The molecule has 0 amide bonds. The molecule has 0 aliphatic rings. The molecule has 0 spiro atoms. The Morgan fingerprint density at radius 2 is 1.18 bits per heavy atom. The fourth-order valence-corrected chi connectivity index (χ4v) is 2.83. The summed E-state index contributed by atoms with van der Waals surface area (Å²) in [5, 5.41) is 8.83. The van der Waals surface area contributed by atoms with Gasteiger partial charge in [-0.15, -0.1) is 0 Å². The van der Waals surface area contributed by atoms with Crippen LogP contribution in [0.5, 0.6) is 0 Å². The van der Waals surface area contributed by atoms with E-state index in [2.05, 4.69) is 11.8 Å². The van der Waals surface area contributed by atoms with Gasteiger partial charge in [0.25, 0.3) is 0 Å². The van der Waals surface area contributed by atoms with Gasteiger partial charge < -0.3 is 14.7 Å². The molecule has 0 heterocycles. The summed E-state index contributed by atoms with van der Waals surface area (Å²) in [7, 11) is 1.79.